The predicted octanol–water partition coefficient (Wildman–Crippen LogP) is 3.16. The summed E-state index contributed by atoms with van der Waals surface area (Å²) in [5.41, 5.74) is 1.88. The Balaban J connectivity index is 2.06. The smallest absolute Gasteiger partial charge is 0.143 e. The minimum atomic E-state index is 0.543. The van der Waals surface area contributed by atoms with E-state index < -0.39 is 0 Å². The van der Waals surface area contributed by atoms with Crippen molar-refractivity contribution in [2.45, 2.75) is 13.0 Å². The summed E-state index contributed by atoms with van der Waals surface area (Å²) in [5, 5.41) is 5.30. The molecule has 3 heterocycles. The summed E-state index contributed by atoms with van der Waals surface area (Å²) in [6.45, 7) is 1.87. The van der Waals surface area contributed by atoms with Gasteiger partial charge in [0.25, 0.3) is 0 Å². The van der Waals surface area contributed by atoms with Gasteiger partial charge in [0.05, 0.1) is 15.7 Å². The summed E-state index contributed by atoms with van der Waals surface area (Å²) >= 11 is 13.6. The molecule has 0 bridgehead atoms. The van der Waals surface area contributed by atoms with Crippen LogP contribution in [0.1, 0.15) is 10.6 Å². The van der Waals surface area contributed by atoms with E-state index in [4.69, 9.17) is 23.2 Å². The average molecular weight is 286 g/mol. The fourth-order valence-corrected chi connectivity index (χ4v) is 3.41. The third-order valence-electron chi connectivity index (χ3n) is 2.61. The number of nitrogens with zero attached hydrogens (tertiary/aromatic N) is 2. The van der Waals surface area contributed by atoms with Crippen molar-refractivity contribution >= 4 is 34.5 Å². The molecule has 1 aliphatic rings. The maximum absolute atomic E-state index is 6.13. The van der Waals surface area contributed by atoms with E-state index in [1.807, 2.05) is 0 Å². The van der Waals surface area contributed by atoms with Gasteiger partial charge in [-0.25, -0.2) is 4.98 Å². The summed E-state index contributed by atoms with van der Waals surface area (Å²) in [6.07, 6.45) is 2.57. The molecule has 3 nitrogen and oxygen atoms in total. The zero-order chi connectivity index (χ0) is 11.8. The predicted molar refractivity (Wildman–Crippen MR) is 70.8 cm³/mol. The monoisotopic (exact) mass is 285 g/mol. The Labute approximate surface area is 113 Å². The first-order valence-corrected chi connectivity index (χ1v) is 6.82. The van der Waals surface area contributed by atoms with Crippen LogP contribution >= 0.6 is 34.5 Å². The van der Waals surface area contributed by atoms with Crippen molar-refractivity contribution in [3.05, 3.63) is 32.9 Å². The fraction of sp³-hybridized carbons (Fsp3) is 0.273. The van der Waals surface area contributed by atoms with E-state index in [-0.39, 0.29) is 0 Å². The third-order valence-corrected chi connectivity index (χ3v) is 4.21. The quantitative estimate of drug-likeness (QED) is 0.875. The lowest BCUT2D eigenvalue weighted by atomic mass is 10.2. The number of hydrogen-bond donors (Lipinski definition) is 1. The van der Waals surface area contributed by atoms with Crippen LogP contribution in [-0.4, -0.2) is 16.5 Å². The summed E-state index contributed by atoms with van der Waals surface area (Å²) in [6, 6.07) is 1.70. The topological polar surface area (TPSA) is 37.8 Å². The molecule has 3 rings (SSSR count). The van der Waals surface area contributed by atoms with E-state index in [2.05, 4.69) is 15.3 Å². The van der Waals surface area contributed by atoms with E-state index in [9.17, 15) is 0 Å². The first kappa shape index (κ1) is 11.4. The molecule has 1 aliphatic heterocycles. The number of thiazole rings is 1. The second kappa shape index (κ2) is 4.53. The van der Waals surface area contributed by atoms with Gasteiger partial charge in [-0.2, -0.15) is 0 Å². The minimum absolute atomic E-state index is 0.543. The molecule has 0 aliphatic carbocycles. The van der Waals surface area contributed by atoms with Gasteiger partial charge in [-0.15, -0.1) is 11.3 Å². The summed E-state index contributed by atoms with van der Waals surface area (Å²) in [5.74, 6) is 0. The van der Waals surface area contributed by atoms with Gasteiger partial charge < -0.3 is 5.32 Å². The molecule has 0 saturated heterocycles. The normalized spacial score (nSPS) is 14.7. The Kier molecular flexibility index (Phi) is 3.04. The Bertz CT molecular complexity index is 544. The van der Waals surface area contributed by atoms with Crippen molar-refractivity contribution < 1.29 is 0 Å². The van der Waals surface area contributed by atoms with Gasteiger partial charge in [0, 0.05) is 30.6 Å². The second-order valence-electron chi connectivity index (χ2n) is 3.80. The van der Waals surface area contributed by atoms with Crippen molar-refractivity contribution in [3.8, 4) is 10.7 Å². The van der Waals surface area contributed by atoms with E-state index >= 15 is 0 Å². The highest BCUT2D eigenvalue weighted by atomic mass is 35.5. The summed E-state index contributed by atoms with van der Waals surface area (Å²) < 4.78 is 0. The number of hydrogen-bond acceptors (Lipinski definition) is 4. The van der Waals surface area contributed by atoms with Gasteiger partial charge in [0.15, 0.2) is 0 Å². The zero-order valence-electron chi connectivity index (χ0n) is 8.83. The SMILES string of the molecule is Clc1cnc(-c2nc3c(s2)CNCC3)c(Cl)c1. The number of aromatic nitrogens is 2. The van der Waals surface area contributed by atoms with Crippen molar-refractivity contribution in [2.75, 3.05) is 6.54 Å². The van der Waals surface area contributed by atoms with Crippen LogP contribution in [0.5, 0.6) is 0 Å². The van der Waals surface area contributed by atoms with Gasteiger partial charge in [0.1, 0.15) is 10.7 Å². The average Bonchev–Trinajstić information content (AvgIpc) is 2.72. The van der Waals surface area contributed by atoms with Crippen LogP contribution in [0, 0.1) is 0 Å². The van der Waals surface area contributed by atoms with E-state index in [1.54, 1.807) is 23.6 Å². The molecular formula is C11H9Cl2N3S. The Morgan fingerprint density at radius 1 is 1.35 bits per heavy atom. The van der Waals surface area contributed by atoms with Crippen LogP contribution in [-0.2, 0) is 13.0 Å². The van der Waals surface area contributed by atoms with Gasteiger partial charge in [-0.1, -0.05) is 23.2 Å². The van der Waals surface area contributed by atoms with Gasteiger partial charge >= 0.3 is 0 Å². The van der Waals surface area contributed by atoms with Crippen LogP contribution < -0.4 is 5.32 Å². The molecule has 6 heteroatoms. The molecule has 0 atom stereocenters. The first-order chi connectivity index (χ1) is 8.24. The minimum Gasteiger partial charge on any atom is -0.311 e. The van der Waals surface area contributed by atoms with E-state index in [1.165, 1.54) is 4.88 Å². The molecule has 17 heavy (non-hydrogen) atoms. The summed E-state index contributed by atoms with van der Waals surface area (Å²) in [4.78, 5) is 10.1. The van der Waals surface area contributed by atoms with Gasteiger partial charge in [-0.05, 0) is 6.07 Å². The lowest BCUT2D eigenvalue weighted by Crippen LogP contribution is -2.22. The van der Waals surface area contributed by atoms with E-state index in [0.29, 0.717) is 10.0 Å². The van der Waals surface area contributed by atoms with Crippen molar-refractivity contribution in [1.82, 2.24) is 15.3 Å². The molecule has 0 spiro atoms. The summed E-state index contributed by atoms with van der Waals surface area (Å²) in [7, 11) is 0. The highest BCUT2D eigenvalue weighted by Gasteiger charge is 2.17. The number of rotatable bonds is 1. The standard InChI is InChI=1S/C11H9Cl2N3S/c12-6-3-7(13)10(15-4-6)11-16-8-1-2-14-5-9(8)17-11/h3-4,14H,1-2,5H2. The molecule has 0 unspecified atom stereocenters. The molecule has 0 amide bonds. The van der Waals surface area contributed by atoms with Crippen LogP contribution in [0.2, 0.25) is 10.0 Å². The molecule has 2 aromatic heterocycles. The molecule has 1 N–H and O–H groups in total. The molecule has 88 valence electrons. The van der Waals surface area contributed by atoms with Gasteiger partial charge in [-0.3, -0.25) is 4.98 Å². The number of pyridine rings is 1. The van der Waals surface area contributed by atoms with Crippen molar-refractivity contribution in [2.24, 2.45) is 0 Å². The maximum Gasteiger partial charge on any atom is 0.143 e. The van der Waals surface area contributed by atoms with Crippen LogP contribution in [0.4, 0.5) is 0 Å². The Morgan fingerprint density at radius 3 is 3.00 bits per heavy atom. The third kappa shape index (κ3) is 2.18. The molecule has 0 fully saturated rings. The zero-order valence-corrected chi connectivity index (χ0v) is 11.2. The number of halogens is 2. The molecule has 2 aromatic rings. The largest absolute Gasteiger partial charge is 0.311 e. The van der Waals surface area contributed by atoms with Crippen LogP contribution in [0.3, 0.4) is 0 Å². The second-order valence-corrected chi connectivity index (χ2v) is 5.73. The molecule has 0 aromatic carbocycles. The Hall–Kier alpha value is -0.680. The van der Waals surface area contributed by atoms with E-state index in [0.717, 1.165) is 35.9 Å². The van der Waals surface area contributed by atoms with Crippen molar-refractivity contribution in [3.63, 3.8) is 0 Å². The van der Waals surface area contributed by atoms with Gasteiger partial charge in [0.2, 0.25) is 0 Å². The highest BCUT2D eigenvalue weighted by molar-refractivity contribution is 7.15. The number of nitrogens with one attached hydrogen (secondary N) is 1. The molecular weight excluding hydrogens is 277 g/mol. The van der Waals surface area contributed by atoms with Crippen molar-refractivity contribution in [1.29, 1.82) is 0 Å². The van der Waals surface area contributed by atoms with Crippen LogP contribution in [0.15, 0.2) is 12.3 Å². The maximum atomic E-state index is 6.13. The Morgan fingerprint density at radius 2 is 2.24 bits per heavy atom. The first-order valence-electron chi connectivity index (χ1n) is 5.25. The molecule has 0 saturated carbocycles. The molecule has 0 radical (unpaired) electrons. The lowest BCUT2D eigenvalue weighted by Gasteiger charge is -2.09. The van der Waals surface area contributed by atoms with Crippen LogP contribution in [0.25, 0.3) is 10.7 Å². The highest BCUT2D eigenvalue weighted by Crippen LogP contribution is 2.33. The number of fused-ring (bicyclic) bond motifs is 1. The lowest BCUT2D eigenvalue weighted by molar-refractivity contribution is 0.644. The fourth-order valence-electron chi connectivity index (χ4n) is 1.80.